The molecule has 2 aromatic carbocycles. The van der Waals surface area contributed by atoms with Crippen molar-refractivity contribution < 1.29 is 19.4 Å². The van der Waals surface area contributed by atoms with Gasteiger partial charge in [-0.2, -0.15) is 0 Å². The van der Waals surface area contributed by atoms with Crippen molar-refractivity contribution in [2.75, 3.05) is 32.6 Å². The number of aliphatic carboxylic acids is 1. The van der Waals surface area contributed by atoms with Gasteiger partial charge in [0.15, 0.2) is 0 Å². The fourth-order valence-corrected chi connectivity index (χ4v) is 4.84. The Morgan fingerprint density at radius 1 is 0.792 bits per heavy atom. The van der Waals surface area contributed by atoms with E-state index in [-0.39, 0.29) is 13.0 Å². The molecule has 0 unspecified atom stereocenters. The Kier molecular flexibility index (Phi) is 8.47. The van der Waals surface area contributed by atoms with Crippen LogP contribution < -0.4 is 10.6 Å². The Hall–Kier alpha value is -1.74. The molecule has 0 bridgehead atoms. The van der Waals surface area contributed by atoms with Crippen LogP contribution in [0.15, 0.2) is 60.7 Å². The van der Waals surface area contributed by atoms with Gasteiger partial charge in [0.2, 0.25) is 0 Å². The maximum absolute atomic E-state index is 10.4. The maximum Gasteiger partial charge on any atom is 0.305 e. The minimum absolute atomic E-state index is 0.0369. The summed E-state index contributed by atoms with van der Waals surface area (Å²) in [6, 6.07) is 21.2. The van der Waals surface area contributed by atoms with E-state index in [9.17, 15) is 4.79 Å². The molecule has 0 aromatic heterocycles. The lowest BCUT2D eigenvalue weighted by atomic mass is 10.4. The zero-order valence-electron chi connectivity index (χ0n) is 13.7. The van der Waals surface area contributed by atoms with Crippen molar-refractivity contribution >= 4 is 24.5 Å². The molecule has 1 N–H and O–H groups in total. The minimum Gasteiger partial charge on any atom is -0.481 e. The number of rotatable bonds is 11. The summed E-state index contributed by atoms with van der Waals surface area (Å²) in [5, 5.41) is 11.3. The molecular formula is C19H24O4P+. The van der Waals surface area contributed by atoms with Gasteiger partial charge in [0.1, 0.15) is 0 Å². The first-order valence-electron chi connectivity index (χ1n) is 8.11. The molecule has 2 aromatic rings. The molecule has 0 saturated carbocycles. The fraction of sp³-hybridized carbons (Fsp3) is 0.316. The topological polar surface area (TPSA) is 55.8 Å². The number of carbonyl (C=O) groups is 1. The van der Waals surface area contributed by atoms with E-state index < -0.39 is 13.9 Å². The highest BCUT2D eigenvalue weighted by Gasteiger charge is 2.21. The summed E-state index contributed by atoms with van der Waals surface area (Å²) >= 11 is 0. The third-order valence-corrected chi connectivity index (χ3v) is 6.34. The minimum atomic E-state index is -0.851. The summed E-state index contributed by atoms with van der Waals surface area (Å²) in [7, 11) is -0.851. The monoisotopic (exact) mass is 347 g/mol. The summed E-state index contributed by atoms with van der Waals surface area (Å²) in [5.74, 6) is -0.839. The van der Waals surface area contributed by atoms with Crippen molar-refractivity contribution in [1.82, 2.24) is 0 Å². The van der Waals surface area contributed by atoms with Gasteiger partial charge in [-0.05, 0) is 24.3 Å². The van der Waals surface area contributed by atoms with Crippen molar-refractivity contribution in [1.29, 1.82) is 0 Å². The average molecular weight is 347 g/mol. The lowest BCUT2D eigenvalue weighted by Gasteiger charge is -2.11. The molecule has 0 aliphatic rings. The van der Waals surface area contributed by atoms with Gasteiger partial charge < -0.3 is 14.6 Å². The van der Waals surface area contributed by atoms with Crippen LogP contribution in [-0.4, -0.2) is 43.7 Å². The first-order chi connectivity index (χ1) is 11.8. The van der Waals surface area contributed by atoms with Gasteiger partial charge in [-0.25, -0.2) is 0 Å². The molecule has 0 saturated heterocycles. The number of hydrogen-bond donors (Lipinski definition) is 1. The molecule has 0 amide bonds. The Balaban J connectivity index is 1.77. The SMILES string of the molecule is O=C(O)CCOCCOCC[PH+](c1ccccc1)c1ccccc1. The fourth-order valence-electron chi connectivity index (χ4n) is 2.39. The third kappa shape index (κ3) is 6.79. The zero-order valence-corrected chi connectivity index (χ0v) is 14.7. The smallest absolute Gasteiger partial charge is 0.305 e. The van der Waals surface area contributed by atoms with Gasteiger partial charge in [-0.1, -0.05) is 36.4 Å². The maximum atomic E-state index is 10.4. The van der Waals surface area contributed by atoms with Crippen molar-refractivity contribution in [2.45, 2.75) is 6.42 Å². The van der Waals surface area contributed by atoms with E-state index in [0.717, 1.165) is 6.16 Å². The summed E-state index contributed by atoms with van der Waals surface area (Å²) in [6.45, 7) is 1.85. The van der Waals surface area contributed by atoms with Crippen LogP contribution in [-0.2, 0) is 14.3 Å². The Labute approximate surface area is 144 Å². The van der Waals surface area contributed by atoms with Gasteiger partial charge >= 0.3 is 5.97 Å². The number of ether oxygens (including phenoxy) is 2. The van der Waals surface area contributed by atoms with E-state index in [1.165, 1.54) is 10.6 Å². The molecule has 128 valence electrons. The van der Waals surface area contributed by atoms with E-state index in [1.807, 2.05) is 12.1 Å². The standard InChI is InChI=1S/C19H23O4P/c20-19(21)11-12-22-13-14-23-15-16-24(17-7-3-1-4-8-17)18-9-5-2-6-10-18/h1-10H,11-16H2,(H,20,21)/p+1. The molecule has 24 heavy (non-hydrogen) atoms. The molecule has 0 heterocycles. The van der Waals surface area contributed by atoms with E-state index >= 15 is 0 Å². The van der Waals surface area contributed by atoms with Gasteiger partial charge in [0.05, 0.1) is 57.5 Å². The van der Waals surface area contributed by atoms with Gasteiger partial charge in [0, 0.05) is 0 Å². The number of carboxylic acids is 1. The second-order valence-electron chi connectivity index (χ2n) is 5.33. The van der Waals surface area contributed by atoms with Gasteiger partial charge in [-0.3, -0.25) is 4.79 Å². The molecule has 0 aliphatic heterocycles. The van der Waals surface area contributed by atoms with E-state index in [0.29, 0.717) is 19.8 Å². The van der Waals surface area contributed by atoms with Crippen molar-refractivity contribution in [3.63, 3.8) is 0 Å². The molecule has 4 nitrogen and oxygen atoms in total. The molecule has 2 rings (SSSR count). The van der Waals surface area contributed by atoms with Crippen LogP contribution in [0.1, 0.15) is 6.42 Å². The predicted octanol–water partition coefficient (Wildman–Crippen LogP) is 2.36. The highest BCUT2D eigenvalue weighted by molar-refractivity contribution is 7.73. The van der Waals surface area contributed by atoms with Crippen molar-refractivity contribution in [3.05, 3.63) is 60.7 Å². The summed E-state index contributed by atoms with van der Waals surface area (Å²) < 4.78 is 10.9. The molecule has 5 heteroatoms. The van der Waals surface area contributed by atoms with Gasteiger partial charge in [-0.15, -0.1) is 0 Å². The predicted molar refractivity (Wildman–Crippen MR) is 99.2 cm³/mol. The van der Waals surface area contributed by atoms with E-state index in [1.54, 1.807) is 0 Å². The second kappa shape index (κ2) is 10.9. The second-order valence-corrected chi connectivity index (χ2v) is 7.94. The molecular weight excluding hydrogens is 323 g/mol. The zero-order chi connectivity index (χ0) is 17.0. The quantitative estimate of drug-likeness (QED) is 0.501. The summed E-state index contributed by atoms with van der Waals surface area (Å²) in [5.41, 5.74) is 0. The van der Waals surface area contributed by atoms with E-state index in [4.69, 9.17) is 14.6 Å². The lowest BCUT2D eigenvalue weighted by molar-refractivity contribution is -0.138. The first kappa shape index (κ1) is 18.6. The Morgan fingerprint density at radius 2 is 1.29 bits per heavy atom. The van der Waals surface area contributed by atoms with E-state index in [2.05, 4.69) is 48.5 Å². The number of hydrogen-bond acceptors (Lipinski definition) is 3. The average Bonchev–Trinajstić information content (AvgIpc) is 2.62. The van der Waals surface area contributed by atoms with Crippen molar-refractivity contribution in [2.24, 2.45) is 0 Å². The molecule has 0 radical (unpaired) electrons. The van der Waals surface area contributed by atoms with Crippen LogP contribution in [0.2, 0.25) is 0 Å². The Morgan fingerprint density at radius 3 is 1.79 bits per heavy atom. The molecule has 0 fully saturated rings. The summed E-state index contributed by atoms with van der Waals surface area (Å²) in [4.78, 5) is 10.4. The normalized spacial score (nSPS) is 10.9. The molecule has 0 atom stereocenters. The molecule has 0 aliphatic carbocycles. The Bertz CT molecular complexity index is 549. The molecule has 0 spiro atoms. The van der Waals surface area contributed by atoms with Gasteiger partial charge in [0.25, 0.3) is 0 Å². The van der Waals surface area contributed by atoms with Crippen LogP contribution in [0.5, 0.6) is 0 Å². The highest BCUT2D eigenvalue weighted by atomic mass is 31.1. The van der Waals surface area contributed by atoms with Crippen LogP contribution in [0.25, 0.3) is 0 Å². The lowest BCUT2D eigenvalue weighted by Crippen LogP contribution is -2.17. The largest absolute Gasteiger partial charge is 0.481 e. The van der Waals surface area contributed by atoms with Crippen LogP contribution >= 0.6 is 7.92 Å². The summed E-state index contributed by atoms with van der Waals surface area (Å²) in [6.07, 6.45) is 1.03. The van der Waals surface area contributed by atoms with Crippen LogP contribution in [0.4, 0.5) is 0 Å². The van der Waals surface area contributed by atoms with Crippen LogP contribution in [0, 0.1) is 0 Å². The van der Waals surface area contributed by atoms with Crippen LogP contribution in [0.3, 0.4) is 0 Å². The first-order valence-corrected chi connectivity index (χ1v) is 9.82. The van der Waals surface area contributed by atoms with Crippen molar-refractivity contribution in [3.8, 4) is 0 Å². The number of carboxylic acid groups (broad SMARTS) is 1. The third-order valence-electron chi connectivity index (χ3n) is 3.57. The number of benzene rings is 2. The highest BCUT2D eigenvalue weighted by Crippen LogP contribution is 2.32.